The highest BCUT2D eigenvalue weighted by atomic mass is 127. The third kappa shape index (κ3) is 5.51. The van der Waals surface area contributed by atoms with Gasteiger partial charge in [0.25, 0.3) is 0 Å². The average Bonchev–Trinajstić information content (AvgIpc) is 2.95. The summed E-state index contributed by atoms with van der Waals surface area (Å²) in [5.74, 6) is 0.839. The Hall–Kier alpha value is -1.61. The molecule has 1 aliphatic rings. The first-order valence-electron chi connectivity index (χ1n) is 10.1. The highest BCUT2D eigenvalue weighted by molar-refractivity contribution is 14.0. The molecule has 0 saturated heterocycles. The van der Waals surface area contributed by atoms with Crippen LogP contribution in [0.15, 0.2) is 35.3 Å². The van der Waals surface area contributed by atoms with E-state index >= 15 is 0 Å². The molecule has 0 atom stereocenters. The quantitative estimate of drug-likeness (QED) is 0.323. The molecule has 1 aromatic heterocycles. The zero-order chi connectivity index (χ0) is 20.0. The zero-order valence-corrected chi connectivity index (χ0v) is 20.3. The van der Waals surface area contributed by atoms with Gasteiger partial charge in [0.15, 0.2) is 5.96 Å². The second-order valence-electron chi connectivity index (χ2n) is 7.64. The maximum Gasteiger partial charge on any atom is 0.191 e. The first-order valence-corrected chi connectivity index (χ1v) is 10.1. The van der Waals surface area contributed by atoms with E-state index < -0.39 is 0 Å². The van der Waals surface area contributed by atoms with Gasteiger partial charge in [0.1, 0.15) is 0 Å². The molecule has 1 aromatic carbocycles. The SMILES string of the molecule is CN=C(NCc1c(C)nn(CCOC)c1C)NCC1(c2ccccc2)CCC1.I. The van der Waals surface area contributed by atoms with Crippen LogP contribution < -0.4 is 10.6 Å². The summed E-state index contributed by atoms with van der Waals surface area (Å²) in [7, 11) is 3.54. The molecule has 29 heavy (non-hydrogen) atoms. The molecule has 0 amide bonds. The number of nitrogens with zero attached hydrogens (tertiary/aromatic N) is 3. The van der Waals surface area contributed by atoms with Crippen molar-refractivity contribution in [1.82, 2.24) is 20.4 Å². The first kappa shape index (κ1) is 23.7. The third-order valence-electron chi connectivity index (χ3n) is 5.99. The van der Waals surface area contributed by atoms with E-state index in [1.807, 2.05) is 11.7 Å². The number of aryl methyl sites for hydroxylation is 1. The zero-order valence-electron chi connectivity index (χ0n) is 18.0. The predicted molar refractivity (Wildman–Crippen MR) is 129 cm³/mol. The molecule has 0 radical (unpaired) electrons. The Morgan fingerprint density at radius 3 is 2.52 bits per heavy atom. The minimum absolute atomic E-state index is 0. The van der Waals surface area contributed by atoms with Crippen molar-refractivity contribution < 1.29 is 4.74 Å². The van der Waals surface area contributed by atoms with Crippen molar-refractivity contribution >= 4 is 29.9 Å². The summed E-state index contributed by atoms with van der Waals surface area (Å²) >= 11 is 0. The number of aromatic nitrogens is 2. The number of guanidine groups is 1. The Morgan fingerprint density at radius 2 is 1.93 bits per heavy atom. The Balaban J connectivity index is 0.00000300. The molecule has 0 spiro atoms. The van der Waals surface area contributed by atoms with E-state index in [4.69, 9.17) is 4.74 Å². The predicted octanol–water partition coefficient (Wildman–Crippen LogP) is 3.55. The lowest BCUT2D eigenvalue weighted by Gasteiger charge is -2.43. The first-order chi connectivity index (χ1) is 13.6. The Bertz CT molecular complexity index is 799. The highest BCUT2D eigenvalue weighted by Gasteiger charge is 2.38. The maximum absolute atomic E-state index is 5.18. The second kappa shape index (κ2) is 11.0. The number of halogens is 1. The lowest BCUT2D eigenvalue weighted by atomic mass is 9.64. The largest absolute Gasteiger partial charge is 0.383 e. The number of nitrogens with one attached hydrogen (secondary N) is 2. The second-order valence-corrected chi connectivity index (χ2v) is 7.64. The number of hydrogen-bond acceptors (Lipinski definition) is 3. The van der Waals surface area contributed by atoms with Gasteiger partial charge in [-0.05, 0) is 32.3 Å². The lowest BCUT2D eigenvalue weighted by Crippen LogP contribution is -2.48. The van der Waals surface area contributed by atoms with Crippen molar-refractivity contribution in [2.24, 2.45) is 4.99 Å². The normalized spacial score (nSPS) is 15.4. The smallest absolute Gasteiger partial charge is 0.191 e. The van der Waals surface area contributed by atoms with Crippen LogP contribution in [0.2, 0.25) is 0 Å². The molecule has 0 aliphatic heterocycles. The van der Waals surface area contributed by atoms with E-state index in [1.165, 1.54) is 36.1 Å². The van der Waals surface area contributed by atoms with E-state index in [9.17, 15) is 0 Å². The molecule has 0 bridgehead atoms. The maximum atomic E-state index is 5.18. The fourth-order valence-electron chi connectivity index (χ4n) is 3.99. The number of methoxy groups -OCH3 is 1. The van der Waals surface area contributed by atoms with E-state index in [-0.39, 0.29) is 29.4 Å². The molecule has 160 valence electrons. The van der Waals surface area contributed by atoms with Crippen molar-refractivity contribution in [3.8, 4) is 0 Å². The molecule has 1 heterocycles. The van der Waals surface area contributed by atoms with Gasteiger partial charge >= 0.3 is 0 Å². The Kier molecular flexibility index (Phi) is 8.95. The van der Waals surface area contributed by atoms with Crippen LogP contribution in [-0.2, 0) is 23.2 Å². The number of rotatable bonds is 8. The fraction of sp³-hybridized carbons (Fsp3) is 0.545. The summed E-state index contributed by atoms with van der Waals surface area (Å²) in [4.78, 5) is 4.42. The van der Waals surface area contributed by atoms with Gasteiger partial charge in [-0.15, -0.1) is 24.0 Å². The molecule has 7 heteroatoms. The van der Waals surface area contributed by atoms with Crippen molar-refractivity contribution in [2.45, 2.75) is 51.6 Å². The Labute approximate surface area is 191 Å². The van der Waals surface area contributed by atoms with Crippen LogP contribution in [0.5, 0.6) is 0 Å². The molecule has 1 aliphatic carbocycles. The summed E-state index contributed by atoms with van der Waals surface area (Å²) in [5, 5.41) is 11.7. The molecular formula is C22H34IN5O. The van der Waals surface area contributed by atoms with E-state index in [1.54, 1.807) is 7.11 Å². The number of benzene rings is 1. The molecule has 1 fully saturated rings. The monoisotopic (exact) mass is 511 g/mol. The average molecular weight is 511 g/mol. The van der Waals surface area contributed by atoms with E-state index in [0.717, 1.165) is 24.7 Å². The topological polar surface area (TPSA) is 63.5 Å². The number of hydrogen-bond donors (Lipinski definition) is 2. The van der Waals surface area contributed by atoms with Gasteiger partial charge in [-0.25, -0.2) is 0 Å². The molecule has 2 aromatic rings. The van der Waals surface area contributed by atoms with Crippen molar-refractivity contribution in [2.75, 3.05) is 27.3 Å². The van der Waals surface area contributed by atoms with Crippen LogP contribution in [-0.4, -0.2) is 43.0 Å². The summed E-state index contributed by atoms with van der Waals surface area (Å²) < 4.78 is 7.19. The highest BCUT2D eigenvalue weighted by Crippen LogP contribution is 2.43. The summed E-state index contributed by atoms with van der Waals surface area (Å²) in [6, 6.07) is 10.8. The minimum Gasteiger partial charge on any atom is -0.383 e. The summed E-state index contributed by atoms with van der Waals surface area (Å²) in [6.07, 6.45) is 3.75. The third-order valence-corrected chi connectivity index (χ3v) is 5.99. The van der Waals surface area contributed by atoms with E-state index in [2.05, 4.69) is 64.9 Å². The number of aliphatic imine (C=N–C) groups is 1. The van der Waals surface area contributed by atoms with Crippen molar-refractivity contribution in [1.29, 1.82) is 0 Å². The van der Waals surface area contributed by atoms with Crippen molar-refractivity contribution in [3.63, 3.8) is 0 Å². The molecule has 2 N–H and O–H groups in total. The van der Waals surface area contributed by atoms with Crippen LogP contribution in [0.4, 0.5) is 0 Å². The van der Waals surface area contributed by atoms with Gasteiger partial charge in [0.2, 0.25) is 0 Å². The lowest BCUT2D eigenvalue weighted by molar-refractivity contribution is 0.182. The summed E-state index contributed by atoms with van der Waals surface area (Å²) in [6.45, 7) is 7.23. The van der Waals surface area contributed by atoms with Crippen LogP contribution in [0.25, 0.3) is 0 Å². The van der Waals surface area contributed by atoms with Gasteiger partial charge in [-0.1, -0.05) is 36.8 Å². The number of ether oxygens (including phenoxy) is 1. The molecule has 0 unspecified atom stereocenters. The van der Waals surface area contributed by atoms with Crippen LogP contribution in [0.1, 0.15) is 41.8 Å². The molecule has 3 rings (SSSR count). The van der Waals surface area contributed by atoms with Gasteiger partial charge in [0, 0.05) is 43.9 Å². The molecule has 6 nitrogen and oxygen atoms in total. The van der Waals surface area contributed by atoms with Gasteiger partial charge in [0.05, 0.1) is 18.8 Å². The van der Waals surface area contributed by atoms with Crippen molar-refractivity contribution in [3.05, 3.63) is 52.8 Å². The van der Waals surface area contributed by atoms with Crippen LogP contribution in [0, 0.1) is 13.8 Å². The molecule has 1 saturated carbocycles. The van der Waals surface area contributed by atoms with Gasteiger partial charge in [-0.2, -0.15) is 5.10 Å². The fourth-order valence-corrected chi connectivity index (χ4v) is 3.99. The summed E-state index contributed by atoms with van der Waals surface area (Å²) in [5.41, 5.74) is 5.11. The van der Waals surface area contributed by atoms with Gasteiger partial charge in [-0.3, -0.25) is 9.67 Å². The molecular weight excluding hydrogens is 477 g/mol. The minimum atomic E-state index is 0. The standard InChI is InChI=1S/C22H33N5O.HI/c1-17-20(18(2)27(26-17)13-14-28-4)15-24-21(23-3)25-16-22(11-8-12-22)19-9-6-5-7-10-19;/h5-7,9-10H,8,11-16H2,1-4H3,(H2,23,24,25);1H. The van der Waals surface area contributed by atoms with Crippen LogP contribution >= 0.6 is 24.0 Å². The Morgan fingerprint density at radius 1 is 1.21 bits per heavy atom. The van der Waals surface area contributed by atoms with Crippen LogP contribution in [0.3, 0.4) is 0 Å². The van der Waals surface area contributed by atoms with E-state index in [0.29, 0.717) is 13.2 Å². The van der Waals surface area contributed by atoms with Gasteiger partial charge < -0.3 is 15.4 Å².